The number of aromatic nitrogens is 4. The Morgan fingerprint density at radius 2 is 1.95 bits per heavy atom. The number of benzene rings is 1. The quantitative estimate of drug-likeness (QED) is 0.775. The second-order valence-electron chi connectivity index (χ2n) is 5.25. The van der Waals surface area contributed by atoms with E-state index in [-0.39, 0.29) is 0 Å². The van der Waals surface area contributed by atoms with Crippen molar-refractivity contribution < 1.29 is 0 Å². The smallest absolute Gasteiger partial charge is 0.132 e. The second-order valence-corrected chi connectivity index (χ2v) is 5.78. The van der Waals surface area contributed by atoms with Crippen LogP contribution < -0.4 is 10.6 Å². The van der Waals surface area contributed by atoms with Crippen molar-refractivity contribution >= 4 is 28.6 Å². The molecule has 3 aromatic rings. The Kier molecular flexibility index (Phi) is 4.26. The number of hydrogen-bond donors (Lipinski definition) is 1. The maximum absolute atomic E-state index is 5.62. The Labute approximate surface area is 133 Å². The molecule has 3 rings (SSSR count). The van der Waals surface area contributed by atoms with Crippen molar-refractivity contribution in [2.75, 3.05) is 18.5 Å². The van der Waals surface area contributed by atoms with Crippen LogP contribution in [-0.2, 0) is 13.0 Å². The Bertz CT molecular complexity index is 785. The summed E-state index contributed by atoms with van der Waals surface area (Å²) in [5.41, 5.74) is 9.67. The number of hydrogen-bond acceptors (Lipinski definition) is 7. The van der Waals surface area contributed by atoms with Gasteiger partial charge in [-0.2, -0.15) is 8.75 Å². The lowest BCUT2D eigenvalue weighted by Crippen LogP contribution is -2.19. The normalized spacial score (nSPS) is 11.0. The molecule has 0 aliphatic carbocycles. The first-order chi connectivity index (χ1) is 10.7. The van der Waals surface area contributed by atoms with Gasteiger partial charge in [-0.3, -0.25) is 0 Å². The summed E-state index contributed by atoms with van der Waals surface area (Å²) in [6.45, 7) is 3.25. The van der Waals surface area contributed by atoms with Crippen LogP contribution in [0.25, 0.3) is 11.0 Å². The van der Waals surface area contributed by atoms with Crippen LogP contribution in [0, 0.1) is 6.92 Å². The van der Waals surface area contributed by atoms with Gasteiger partial charge in [0.15, 0.2) is 0 Å². The fourth-order valence-electron chi connectivity index (χ4n) is 2.36. The zero-order chi connectivity index (χ0) is 15.5. The van der Waals surface area contributed by atoms with Crippen molar-refractivity contribution in [2.24, 2.45) is 5.73 Å². The standard InChI is InChI=1S/C15H18N6S/c1-10-17-12(5-6-16)8-15(18-10)21(2)9-11-3-4-13-14(7-11)20-22-19-13/h3-4,7-8H,5-6,9,16H2,1-2H3. The maximum atomic E-state index is 5.62. The van der Waals surface area contributed by atoms with E-state index in [9.17, 15) is 0 Å². The molecule has 0 aliphatic rings. The van der Waals surface area contributed by atoms with E-state index < -0.39 is 0 Å². The Morgan fingerprint density at radius 1 is 1.14 bits per heavy atom. The monoisotopic (exact) mass is 314 g/mol. The molecular formula is C15H18N6S. The minimum absolute atomic E-state index is 0.590. The molecule has 0 unspecified atom stereocenters. The Balaban J connectivity index is 1.82. The molecule has 0 saturated heterocycles. The fraction of sp³-hybridized carbons (Fsp3) is 0.333. The van der Waals surface area contributed by atoms with Gasteiger partial charge in [-0.05, 0) is 31.2 Å². The highest BCUT2D eigenvalue weighted by Crippen LogP contribution is 2.18. The average molecular weight is 314 g/mol. The van der Waals surface area contributed by atoms with Crippen molar-refractivity contribution in [2.45, 2.75) is 19.9 Å². The highest BCUT2D eigenvalue weighted by Gasteiger charge is 2.08. The summed E-state index contributed by atoms with van der Waals surface area (Å²) in [5, 5.41) is 0. The number of anilines is 1. The van der Waals surface area contributed by atoms with Gasteiger partial charge in [0, 0.05) is 31.8 Å². The molecule has 0 amide bonds. The van der Waals surface area contributed by atoms with E-state index in [0.29, 0.717) is 6.54 Å². The van der Waals surface area contributed by atoms with Crippen LogP contribution in [0.2, 0.25) is 0 Å². The predicted molar refractivity (Wildman–Crippen MR) is 89.0 cm³/mol. The molecule has 0 spiro atoms. The topological polar surface area (TPSA) is 80.8 Å². The van der Waals surface area contributed by atoms with Gasteiger partial charge < -0.3 is 10.6 Å². The molecule has 2 N–H and O–H groups in total. The van der Waals surface area contributed by atoms with Gasteiger partial charge in [-0.1, -0.05) is 6.07 Å². The number of rotatable bonds is 5. The van der Waals surface area contributed by atoms with E-state index in [2.05, 4.69) is 35.7 Å². The lowest BCUT2D eigenvalue weighted by molar-refractivity contribution is 0.846. The first kappa shape index (κ1) is 14.8. The van der Waals surface area contributed by atoms with Gasteiger partial charge in [0.2, 0.25) is 0 Å². The summed E-state index contributed by atoms with van der Waals surface area (Å²) in [4.78, 5) is 11.0. The molecule has 2 aromatic heterocycles. The van der Waals surface area contributed by atoms with Crippen LogP contribution in [0.1, 0.15) is 17.1 Å². The van der Waals surface area contributed by atoms with E-state index in [0.717, 1.165) is 41.3 Å². The summed E-state index contributed by atoms with van der Waals surface area (Å²) in [6, 6.07) is 8.16. The van der Waals surface area contributed by atoms with Crippen LogP contribution in [0.3, 0.4) is 0 Å². The number of fused-ring (bicyclic) bond motifs is 1. The van der Waals surface area contributed by atoms with Crippen molar-refractivity contribution in [3.63, 3.8) is 0 Å². The third kappa shape index (κ3) is 3.20. The lowest BCUT2D eigenvalue weighted by atomic mass is 10.2. The third-order valence-corrected chi connectivity index (χ3v) is 3.96. The SMILES string of the molecule is Cc1nc(CCN)cc(N(C)Cc2ccc3nsnc3c2)n1. The maximum Gasteiger partial charge on any atom is 0.132 e. The Morgan fingerprint density at radius 3 is 2.77 bits per heavy atom. The summed E-state index contributed by atoms with van der Waals surface area (Å²) in [6.07, 6.45) is 0.765. The highest BCUT2D eigenvalue weighted by molar-refractivity contribution is 7.00. The van der Waals surface area contributed by atoms with E-state index in [1.807, 2.05) is 26.1 Å². The molecule has 0 fully saturated rings. The molecule has 2 heterocycles. The van der Waals surface area contributed by atoms with Gasteiger partial charge in [-0.25, -0.2) is 9.97 Å². The van der Waals surface area contributed by atoms with Crippen molar-refractivity contribution in [3.05, 3.63) is 41.3 Å². The van der Waals surface area contributed by atoms with Crippen LogP contribution in [-0.4, -0.2) is 32.3 Å². The molecule has 0 atom stereocenters. The van der Waals surface area contributed by atoms with E-state index in [4.69, 9.17) is 5.73 Å². The second kappa shape index (κ2) is 6.33. The van der Waals surface area contributed by atoms with Crippen LogP contribution in [0.5, 0.6) is 0 Å². The largest absolute Gasteiger partial charge is 0.355 e. The molecule has 0 saturated carbocycles. The van der Waals surface area contributed by atoms with Gasteiger partial charge in [-0.15, -0.1) is 0 Å². The number of nitrogens with zero attached hydrogens (tertiary/aromatic N) is 5. The van der Waals surface area contributed by atoms with Gasteiger partial charge in [0.05, 0.1) is 11.7 Å². The minimum Gasteiger partial charge on any atom is -0.355 e. The minimum atomic E-state index is 0.590. The summed E-state index contributed by atoms with van der Waals surface area (Å²) in [7, 11) is 2.03. The van der Waals surface area contributed by atoms with Crippen molar-refractivity contribution in [1.82, 2.24) is 18.7 Å². The summed E-state index contributed by atoms with van der Waals surface area (Å²) < 4.78 is 8.51. The Hall–Kier alpha value is -2.12. The first-order valence-electron chi connectivity index (χ1n) is 7.12. The first-order valence-corrected chi connectivity index (χ1v) is 7.85. The van der Waals surface area contributed by atoms with Crippen molar-refractivity contribution in [3.8, 4) is 0 Å². The molecule has 0 radical (unpaired) electrons. The molecule has 114 valence electrons. The highest BCUT2D eigenvalue weighted by atomic mass is 32.1. The van der Waals surface area contributed by atoms with Crippen LogP contribution >= 0.6 is 11.7 Å². The van der Waals surface area contributed by atoms with Gasteiger partial charge >= 0.3 is 0 Å². The van der Waals surface area contributed by atoms with Gasteiger partial charge in [0.1, 0.15) is 22.7 Å². The summed E-state index contributed by atoms with van der Waals surface area (Å²) >= 11 is 1.24. The van der Waals surface area contributed by atoms with Crippen LogP contribution in [0.15, 0.2) is 24.3 Å². The number of aryl methyl sites for hydroxylation is 1. The molecule has 1 aromatic carbocycles. The third-order valence-electron chi connectivity index (χ3n) is 3.41. The van der Waals surface area contributed by atoms with Crippen LogP contribution in [0.4, 0.5) is 5.82 Å². The molecule has 0 bridgehead atoms. The summed E-state index contributed by atoms with van der Waals surface area (Å²) in [5.74, 6) is 1.68. The molecule has 22 heavy (non-hydrogen) atoms. The average Bonchev–Trinajstić information content (AvgIpc) is 2.94. The zero-order valence-corrected chi connectivity index (χ0v) is 13.5. The van der Waals surface area contributed by atoms with Crippen molar-refractivity contribution in [1.29, 1.82) is 0 Å². The van der Waals surface area contributed by atoms with E-state index >= 15 is 0 Å². The molecule has 7 heteroatoms. The number of nitrogens with two attached hydrogens (primary N) is 1. The molecule has 6 nitrogen and oxygen atoms in total. The molecular weight excluding hydrogens is 296 g/mol. The predicted octanol–water partition coefficient (Wildman–Crippen LogP) is 1.93. The van der Waals surface area contributed by atoms with E-state index in [1.54, 1.807) is 0 Å². The zero-order valence-electron chi connectivity index (χ0n) is 12.7. The lowest BCUT2D eigenvalue weighted by Gasteiger charge is -2.19. The fourth-order valence-corrected chi connectivity index (χ4v) is 2.88. The van der Waals surface area contributed by atoms with Gasteiger partial charge in [0.25, 0.3) is 0 Å². The van der Waals surface area contributed by atoms with E-state index in [1.165, 1.54) is 17.3 Å². The molecule has 0 aliphatic heterocycles.